The number of benzene rings is 2. The number of rotatable bonds is 4. The molecule has 0 unspecified atom stereocenters. The van der Waals surface area contributed by atoms with Gasteiger partial charge >= 0.3 is 0 Å². The average molecular weight is 243 g/mol. The van der Waals surface area contributed by atoms with Crippen LogP contribution in [0, 0.1) is 0 Å². The highest BCUT2D eigenvalue weighted by Gasteiger charge is 2.09. The van der Waals surface area contributed by atoms with E-state index in [-0.39, 0.29) is 6.04 Å². The van der Waals surface area contributed by atoms with Gasteiger partial charge in [0.15, 0.2) is 0 Å². The molecule has 2 aromatic rings. The molecule has 0 aliphatic heterocycles. The van der Waals surface area contributed by atoms with Crippen molar-refractivity contribution in [2.24, 2.45) is 5.73 Å². The fourth-order valence-electron chi connectivity index (χ4n) is 1.72. The molecule has 0 amide bonds. The maximum atomic E-state index is 6.14. The smallest absolute Gasteiger partial charge is 0.0303 e. The van der Waals surface area contributed by atoms with E-state index in [1.54, 1.807) is 11.8 Å². The monoisotopic (exact) mass is 243 g/mol. The Labute approximate surface area is 107 Å². The van der Waals surface area contributed by atoms with Crippen LogP contribution >= 0.6 is 11.8 Å². The minimum absolute atomic E-state index is 0.127. The van der Waals surface area contributed by atoms with Crippen molar-refractivity contribution in [3.05, 3.63) is 60.2 Å². The molecule has 1 nitrogen and oxygen atoms in total. The van der Waals surface area contributed by atoms with Crippen LogP contribution in [0.15, 0.2) is 64.4 Å². The van der Waals surface area contributed by atoms with Gasteiger partial charge in [-0.2, -0.15) is 0 Å². The first-order chi connectivity index (χ1) is 8.31. The molecule has 1 atom stereocenters. The molecule has 2 N–H and O–H groups in total. The third-order valence-corrected chi connectivity index (χ3v) is 3.83. The van der Waals surface area contributed by atoms with Gasteiger partial charge in [-0.1, -0.05) is 55.1 Å². The summed E-state index contributed by atoms with van der Waals surface area (Å²) in [6.07, 6.45) is 0.965. The molecule has 0 saturated heterocycles. The molecule has 2 rings (SSSR count). The van der Waals surface area contributed by atoms with Crippen LogP contribution in [0.1, 0.15) is 24.9 Å². The Bertz CT molecular complexity index is 467. The quantitative estimate of drug-likeness (QED) is 0.868. The third kappa shape index (κ3) is 3.11. The van der Waals surface area contributed by atoms with Crippen LogP contribution in [0.25, 0.3) is 0 Å². The Morgan fingerprint density at radius 3 is 2.35 bits per heavy atom. The minimum atomic E-state index is 0.127. The van der Waals surface area contributed by atoms with Crippen LogP contribution < -0.4 is 5.73 Å². The molecule has 17 heavy (non-hydrogen) atoms. The number of hydrogen-bond acceptors (Lipinski definition) is 2. The van der Waals surface area contributed by atoms with Gasteiger partial charge in [-0.15, -0.1) is 0 Å². The molecule has 0 bridgehead atoms. The van der Waals surface area contributed by atoms with Crippen LogP contribution in [-0.2, 0) is 0 Å². The van der Waals surface area contributed by atoms with Crippen LogP contribution in [-0.4, -0.2) is 0 Å². The molecule has 0 heterocycles. The van der Waals surface area contributed by atoms with Crippen LogP contribution in [0.2, 0.25) is 0 Å². The lowest BCUT2D eigenvalue weighted by Gasteiger charge is -2.14. The maximum absolute atomic E-state index is 6.14. The molecule has 88 valence electrons. The zero-order chi connectivity index (χ0) is 12.1. The lowest BCUT2D eigenvalue weighted by atomic mass is 10.1. The summed E-state index contributed by atoms with van der Waals surface area (Å²) >= 11 is 1.78. The van der Waals surface area contributed by atoms with Gasteiger partial charge in [-0.3, -0.25) is 0 Å². The van der Waals surface area contributed by atoms with E-state index in [4.69, 9.17) is 5.73 Å². The molecule has 0 spiro atoms. The summed E-state index contributed by atoms with van der Waals surface area (Å²) in [5.74, 6) is 0. The highest BCUT2D eigenvalue weighted by atomic mass is 32.2. The van der Waals surface area contributed by atoms with Gasteiger partial charge in [0, 0.05) is 15.8 Å². The molecular weight excluding hydrogens is 226 g/mol. The van der Waals surface area contributed by atoms with E-state index >= 15 is 0 Å². The highest BCUT2D eigenvalue weighted by Crippen LogP contribution is 2.33. The van der Waals surface area contributed by atoms with E-state index in [2.05, 4.69) is 55.5 Å². The lowest BCUT2D eigenvalue weighted by molar-refractivity contribution is 0.685. The van der Waals surface area contributed by atoms with Crippen molar-refractivity contribution in [1.29, 1.82) is 0 Å². The molecule has 2 aromatic carbocycles. The molecular formula is C15H17NS. The standard InChI is InChI=1S/C15H17NS/c1-2-14(16)13-10-6-7-11-15(13)17-12-8-4-3-5-9-12/h3-11,14H,2,16H2,1H3/t14-/m1/s1. The Morgan fingerprint density at radius 1 is 1.00 bits per heavy atom. The van der Waals surface area contributed by atoms with Crippen molar-refractivity contribution < 1.29 is 0 Å². The first-order valence-electron chi connectivity index (χ1n) is 5.88. The normalized spacial score (nSPS) is 12.4. The van der Waals surface area contributed by atoms with E-state index in [1.165, 1.54) is 15.4 Å². The third-order valence-electron chi connectivity index (χ3n) is 2.73. The summed E-state index contributed by atoms with van der Waals surface area (Å²) in [5, 5.41) is 0. The Hall–Kier alpha value is -1.25. The highest BCUT2D eigenvalue weighted by molar-refractivity contribution is 7.99. The Morgan fingerprint density at radius 2 is 1.65 bits per heavy atom. The van der Waals surface area contributed by atoms with E-state index in [9.17, 15) is 0 Å². The zero-order valence-electron chi connectivity index (χ0n) is 9.97. The molecule has 0 fully saturated rings. The van der Waals surface area contributed by atoms with E-state index in [0.29, 0.717) is 0 Å². The van der Waals surface area contributed by atoms with Gasteiger partial charge in [0.2, 0.25) is 0 Å². The number of hydrogen-bond donors (Lipinski definition) is 1. The largest absolute Gasteiger partial charge is 0.324 e. The second kappa shape index (κ2) is 5.89. The van der Waals surface area contributed by atoms with Gasteiger partial charge in [-0.25, -0.2) is 0 Å². The van der Waals surface area contributed by atoms with Crippen molar-refractivity contribution in [3.8, 4) is 0 Å². The maximum Gasteiger partial charge on any atom is 0.0303 e. The molecule has 2 heteroatoms. The summed E-state index contributed by atoms with van der Waals surface area (Å²) in [7, 11) is 0. The topological polar surface area (TPSA) is 26.0 Å². The predicted molar refractivity (Wildman–Crippen MR) is 74.2 cm³/mol. The van der Waals surface area contributed by atoms with E-state index in [0.717, 1.165) is 6.42 Å². The second-order valence-electron chi connectivity index (χ2n) is 3.97. The predicted octanol–water partition coefficient (Wildman–Crippen LogP) is 4.25. The molecule has 0 aliphatic rings. The number of nitrogens with two attached hydrogens (primary N) is 1. The second-order valence-corrected chi connectivity index (χ2v) is 5.08. The summed E-state index contributed by atoms with van der Waals surface area (Å²) in [6, 6.07) is 18.9. The van der Waals surface area contributed by atoms with Crippen molar-refractivity contribution in [2.45, 2.75) is 29.2 Å². The van der Waals surface area contributed by atoms with Crippen molar-refractivity contribution in [1.82, 2.24) is 0 Å². The Balaban J connectivity index is 2.27. The van der Waals surface area contributed by atoms with Crippen LogP contribution in [0.4, 0.5) is 0 Å². The van der Waals surface area contributed by atoms with Crippen molar-refractivity contribution >= 4 is 11.8 Å². The molecule has 0 radical (unpaired) electrons. The molecule has 0 aromatic heterocycles. The van der Waals surface area contributed by atoms with Gasteiger partial charge in [0.1, 0.15) is 0 Å². The van der Waals surface area contributed by atoms with E-state index in [1.807, 2.05) is 6.07 Å². The summed E-state index contributed by atoms with van der Waals surface area (Å²) in [6.45, 7) is 2.12. The van der Waals surface area contributed by atoms with E-state index < -0.39 is 0 Å². The van der Waals surface area contributed by atoms with Crippen molar-refractivity contribution in [3.63, 3.8) is 0 Å². The minimum Gasteiger partial charge on any atom is -0.324 e. The van der Waals surface area contributed by atoms with Gasteiger partial charge in [0.05, 0.1) is 0 Å². The fourth-order valence-corrected chi connectivity index (χ4v) is 2.75. The zero-order valence-corrected chi connectivity index (χ0v) is 10.8. The SMILES string of the molecule is CC[C@@H](N)c1ccccc1Sc1ccccc1. The molecule has 0 saturated carbocycles. The summed E-state index contributed by atoms with van der Waals surface area (Å²) < 4.78 is 0. The Kier molecular flexibility index (Phi) is 4.24. The first-order valence-corrected chi connectivity index (χ1v) is 6.70. The van der Waals surface area contributed by atoms with Gasteiger partial charge < -0.3 is 5.73 Å². The lowest BCUT2D eigenvalue weighted by Crippen LogP contribution is -2.09. The van der Waals surface area contributed by atoms with Gasteiger partial charge in [-0.05, 0) is 30.2 Å². The first kappa shape index (κ1) is 12.2. The summed E-state index contributed by atoms with van der Waals surface area (Å²) in [4.78, 5) is 2.51. The summed E-state index contributed by atoms with van der Waals surface area (Å²) in [5.41, 5.74) is 7.38. The van der Waals surface area contributed by atoms with Gasteiger partial charge in [0.25, 0.3) is 0 Å². The average Bonchev–Trinajstić information content (AvgIpc) is 2.40. The fraction of sp³-hybridized carbons (Fsp3) is 0.200. The van der Waals surface area contributed by atoms with Crippen molar-refractivity contribution in [2.75, 3.05) is 0 Å². The van der Waals surface area contributed by atoms with Crippen LogP contribution in [0.3, 0.4) is 0 Å². The molecule has 0 aliphatic carbocycles. The van der Waals surface area contributed by atoms with Crippen LogP contribution in [0.5, 0.6) is 0 Å².